The fourth-order valence-electron chi connectivity index (χ4n) is 3.10. The Bertz CT molecular complexity index is 1300. The van der Waals surface area contributed by atoms with Crippen molar-refractivity contribution in [3.63, 3.8) is 0 Å². The van der Waals surface area contributed by atoms with Gasteiger partial charge in [-0.05, 0) is 53.9 Å². The molecule has 0 aliphatic heterocycles. The normalized spacial score (nSPS) is 10.5. The minimum Gasteiger partial charge on any atom is -0.427 e. The van der Waals surface area contributed by atoms with Gasteiger partial charge in [-0.2, -0.15) is 0 Å². The van der Waals surface area contributed by atoms with Crippen LogP contribution in [0.25, 0.3) is 11.1 Å². The standard InChI is InChI=1S/C25H21FN4O4/c1-2-6-22(31)33-19-8-5-7-17(15-19)16-11-13-18(14-12-16)27-23(32)24-29-30-25(34-24)28-21-10-4-3-9-20(21)26/h3-5,7-15H,2,6H2,1H3,(H,27,32)(H,28,30). The minimum atomic E-state index is -0.605. The van der Waals surface area contributed by atoms with Gasteiger partial charge in [-0.3, -0.25) is 9.59 Å². The zero-order chi connectivity index (χ0) is 23.9. The van der Waals surface area contributed by atoms with Crippen LogP contribution in [0.4, 0.5) is 21.8 Å². The van der Waals surface area contributed by atoms with Crippen molar-refractivity contribution in [2.45, 2.75) is 19.8 Å². The van der Waals surface area contributed by atoms with Crippen LogP contribution in [0.3, 0.4) is 0 Å². The minimum absolute atomic E-state index is 0.106. The van der Waals surface area contributed by atoms with E-state index < -0.39 is 11.7 Å². The maximum Gasteiger partial charge on any atom is 0.320 e. The van der Waals surface area contributed by atoms with Crippen LogP contribution in [0.1, 0.15) is 30.5 Å². The summed E-state index contributed by atoms with van der Waals surface area (Å²) in [5, 5.41) is 12.7. The molecule has 0 saturated heterocycles. The summed E-state index contributed by atoms with van der Waals surface area (Å²) < 4.78 is 24.4. The number of carbonyl (C=O) groups excluding carboxylic acids is 2. The highest BCUT2D eigenvalue weighted by molar-refractivity contribution is 6.01. The Kier molecular flexibility index (Phi) is 6.92. The molecule has 8 nitrogen and oxygen atoms in total. The van der Waals surface area contributed by atoms with E-state index >= 15 is 0 Å². The summed E-state index contributed by atoms with van der Waals surface area (Å²) in [6, 6.07) is 20.2. The first kappa shape index (κ1) is 22.7. The highest BCUT2D eigenvalue weighted by Gasteiger charge is 2.16. The molecular formula is C25H21FN4O4. The maximum absolute atomic E-state index is 13.7. The number of amides is 1. The number of anilines is 3. The topological polar surface area (TPSA) is 106 Å². The first-order valence-electron chi connectivity index (χ1n) is 10.6. The first-order valence-corrected chi connectivity index (χ1v) is 10.6. The lowest BCUT2D eigenvalue weighted by atomic mass is 10.1. The fourth-order valence-corrected chi connectivity index (χ4v) is 3.10. The maximum atomic E-state index is 13.7. The molecular weight excluding hydrogens is 439 g/mol. The largest absolute Gasteiger partial charge is 0.427 e. The molecule has 0 saturated carbocycles. The highest BCUT2D eigenvalue weighted by atomic mass is 19.1. The number of hydrogen-bond acceptors (Lipinski definition) is 7. The number of rotatable bonds is 8. The molecule has 172 valence electrons. The number of nitrogens with zero attached hydrogens (tertiary/aromatic N) is 2. The van der Waals surface area contributed by atoms with Crippen LogP contribution in [0.5, 0.6) is 5.75 Å². The third kappa shape index (κ3) is 5.63. The predicted molar refractivity (Wildman–Crippen MR) is 124 cm³/mol. The van der Waals surface area contributed by atoms with Crippen molar-refractivity contribution in [3.8, 4) is 16.9 Å². The van der Waals surface area contributed by atoms with Gasteiger partial charge in [0.2, 0.25) is 0 Å². The zero-order valence-electron chi connectivity index (χ0n) is 18.2. The molecule has 1 amide bonds. The molecule has 0 aliphatic rings. The lowest BCUT2D eigenvalue weighted by Crippen LogP contribution is -2.12. The third-order valence-corrected chi connectivity index (χ3v) is 4.73. The molecule has 2 N–H and O–H groups in total. The van der Waals surface area contributed by atoms with Crippen molar-refractivity contribution in [2.75, 3.05) is 10.6 Å². The van der Waals surface area contributed by atoms with Crippen LogP contribution in [-0.2, 0) is 4.79 Å². The molecule has 0 bridgehead atoms. The molecule has 0 aliphatic carbocycles. The number of nitrogens with one attached hydrogen (secondary N) is 2. The summed E-state index contributed by atoms with van der Waals surface area (Å²) in [4.78, 5) is 24.2. The third-order valence-electron chi connectivity index (χ3n) is 4.73. The molecule has 9 heteroatoms. The van der Waals surface area contributed by atoms with Crippen LogP contribution >= 0.6 is 0 Å². The Morgan fingerprint density at radius 2 is 1.76 bits per heavy atom. The number of para-hydroxylation sites is 1. The smallest absolute Gasteiger partial charge is 0.320 e. The number of aromatic nitrogens is 2. The number of hydrogen-bond donors (Lipinski definition) is 2. The van der Waals surface area contributed by atoms with E-state index in [4.69, 9.17) is 9.15 Å². The van der Waals surface area contributed by atoms with Gasteiger partial charge in [-0.25, -0.2) is 4.39 Å². The molecule has 0 atom stereocenters. The molecule has 4 rings (SSSR count). The zero-order valence-corrected chi connectivity index (χ0v) is 18.2. The molecule has 0 unspecified atom stereocenters. The van der Waals surface area contributed by atoms with Gasteiger partial charge < -0.3 is 19.8 Å². The van der Waals surface area contributed by atoms with Crippen LogP contribution in [0.15, 0.2) is 77.2 Å². The summed E-state index contributed by atoms with van der Waals surface area (Å²) in [7, 11) is 0. The lowest BCUT2D eigenvalue weighted by molar-refractivity contribution is -0.134. The Morgan fingerprint density at radius 3 is 2.53 bits per heavy atom. The van der Waals surface area contributed by atoms with Crippen molar-refractivity contribution < 1.29 is 23.1 Å². The Balaban J connectivity index is 1.39. The van der Waals surface area contributed by atoms with Gasteiger partial charge in [0, 0.05) is 12.1 Å². The van der Waals surface area contributed by atoms with Gasteiger partial charge in [0.15, 0.2) is 0 Å². The van der Waals surface area contributed by atoms with E-state index in [-0.39, 0.29) is 23.6 Å². The fraction of sp³-hybridized carbons (Fsp3) is 0.120. The molecule has 0 fully saturated rings. The van der Waals surface area contributed by atoms with E-state index in [0.29, 0.717) is 17.9 Å². The number of halogens is 1. The summed E-state index contributed by atoms with van der Waals surface area (Å²) in [5.41, 5.74) is 2.40. The van der Waals surface area contributed by atoms with Crippen LogP contribution < -0.4 is 15.4 Å². The molecule has 1 aromatic heterocycles. The SMILES string of the molecule is CCCC(=O)Oc1cccc(-c2ccc(NC(=O)c3nnc(Nc4ccccc4F)o3)cc2)c1. The van der Waals surface area contributed by atoms with Crippen LogP contribution in [0, 0.1) is 5.82 Å². The number of esters is 1. The van der Waals surface area contributed by atoms with Gasteiger partial charge in [0.05, 0.1) is 5.69 Å². The van der Waals surface area contributed by atoms with Crippen molar-refractivity contribution >= 4 is 29.3 Å². The summed E-state index contributed by atoms with van der Waals surface area (Å²) in [5.74, 6) is -1.16. The summed E-state index contributed by atoms with van der Waals surface area (Å²) in [6.07, 6.45) is 1.08. The van der Waals surface area contributed by atoms with Crippen LogP contribution in [0.2, 0.25) is 0 Å². The quantitative estimate of drug-likeness (QED) is 0.261. The summed E-state index contributed by atoms with van der Waals surface area (Å²) >= 11 is 0. The van der Waals surface area contributed by atoms with Gasteiger partial charge in [0.1, 0.15) is 11.6 Å². The van der Waals surface area contributed by atoms with E-state index in [0.717, 1.165) is 17.5 Å². The number of ether oxygens (including phenoxy) is 1. The van der Waals surface area contributed by atoms with Gasteiger partial charge in [-0.15, -0.1) is 5.10 Å². The number of carbonyl (C=O) groups is 2. The Labute approximate surface area is 194 Å². The van der Waals surface area contributed by atoms with E-state index in [1.165, 1.54) is 12.1 Å². The molecule has 3 aromatic carbocycles. The van der Waals surface area contributed by atoms with Crippen LogP contribution in [-0.4, -0.2) is 22.1 Å². The summed E-state index contributed by atoms with van der Waals surface area (Å²) in [6.45, 7) is 1.91. The van der Waals surface area contributed by atoms with Crippen molar-refractivity contribution in [1.29, 1.82) is 0 Å². The molecule has 4 aromatic rings. The average Bonchev–Trinajstić information content (AvgIpc) is 3.30. The van der Waals surface area contributed by atoms with Crippen molar-refractivity contribution in [1.82, 2.24) is 10.2 Å². The van der Waals surface area contributed by atoms with E-state index in [9.17, 15) is 14.0 Å². The Morgan fingerprint density at radius 1 is 0.971 bits per heavy atom. The van der Waals surface area contributed by atoms with Gasteiger partial charge in [0.25, 0.3) is 0 Å². The monoisotopic (exact) mass is 460 g/mol. The second-order valence-corrected chi connectivity index (χ2v) is 7.30. The predicted octanol–water partition coefficient (Wildman–Crippen LogP) is 5.58. The van der Waals surface area contributed by atoms with Gasteiger partial charge in [-0.1, -0.05) is 48.4 Å². The molecule has 0 spiro atoms. The van der Waals surface area contributed by atoms with Crippen molar-refractivity contribution in [2.24, 2.45) is 0 Å². The van der Waals surface area contributed by atoms with Gasteiger partial charge >= 0.3 is 23.8 Å². The highest BCUT2D eigenvalue weighted by Crippen LogP contribution is 2.26. The van der Waals surface area contributed by atoms with E-state index in [1.807, 2.05) is 31.2 Å². The average molecular weight is 460 g/mol. The second-order valence-electron chi connectivity index (χ2n) is 7.30. The molecule has 34 heavy (non-hydrogen) atoms. The Hall–Kier alpha value is -4.53. The van der Waals surface area contributed by atoms with Crippen molar-refractivity contribution in [3.05, 3.63) is 84.5 Å². The number of benzene rings is 3. The van der Waals surface area contributed by atoms with E-state index in [1.54, 1.807) is 36.4 Å². The lowest BCUT2D eigenvalue weighted by Gasteiger charge is -2.08. The molecule has 1 heterocycles. The second kappa shape index (κ2) is 10.4. The van der Waals surface area contributed by atoms with E-state index in [2.05, 4.69) is 20.8 Å². The molecule has 0 radical (unpaired) electrons. The first-order chi connectivity index (χ1) is 16.5.